The van der Waals surface area contributed by atoms with Crippen LogP contribution in [0.1, 0.15) is 29.5 Å². The molecule has 0 saturated carbocycles. The average molecular weight is 338 g/mol. The average Bonchev–Trinajstić information content (AvgIpc) is 2.65. The molecule has 0 radical (unpaired) electrons. The summed E-state index contributed by atoms with van der Waals surface area (Å²) in [5.41, 5.74) is 9.52. The van der Waals surface area contributed by atoms with Crippen LogP contribution in [0.4, 0.5) is 0 Å². The SMILES string of the molecule is NCCc1ccc(CN2CCC(C(O)Cc3ccccc3)CC2)cc1. The van der Waals surface area contributed by atoms with Crippen molar-refractivity contribution in [2.45, 2.75) is 38.3 Å². The van der Waals surface area contributed by atoms with Crippen molar-refractivity contribution in [1.29, 1.82) is 0 Å². The van der Waals surface area contributed by atoms with Crippen molar-refractivity contribution in [2.75, 3.05) is 19.6 Å². The maximum Gasteiger partial charge on any atom is 0.0609 e. The summed E-state index contributed by atoms with van der Waals surface area (Å²) in [5.74, 6) is 0.420. The maximum atomic E-state index is 10.6. The van der Waals surface area contributed by atoms with E-state index < -0.39 is 0 Å². The molecular weight excluding hydrogens is 308 g/mol. The highest BCUT2D eigenvalue weighted by atomic mass is 16.3. The molecule has 0 aromatic heterocycles. The first kappa shape index (κ1) is 18.1. The van der Waals surface area contributed by atoms with E-state index in [1.165, 1.54) is 16.7 Å². The molecule has 2 aromatic rings. The zero-order valence-electron chi connectivity index (χ0n) is 15.0. The molecule has 134 valence electrons. The predicted molar refractivity (Wildman–Crippen MR) is 103 cm³/mol. The Hall–Kier alpha value is -1.68. The largest absolute Gasteiger partial charge is 0.392 e. The smallest absolute Gasteiger partial charge is 0.0609 e. The molecule has 0 spiro atoms. The minimum atomic E-state index is -0.222. The second-order valence-electron chi connectivity index (χ2n) is 7.23. The van der Waals surface area contributed by atoms with Crippen molar-refractivity contribution in [3.63, 3.8) is 0 Å². The Morgan fingerprint density at radius 1 is 0.920 bits per heavy atom. The van der Waals surface area contributed by atoms with Gasteiger partial charge in [0.05, 0.1) is 6.10 Å². The van der Waals surface area contributed by atoms with Gasteiger partial charge in [-0.05, 0) is 67.9 Å². The van der Waals surface area contributed by atoms with E-state index in [9.17, 15) is 5.11 Å². The normalized spacial score (nSPS) is 17.5. The molecule has 0 bridgehead atoms. The number of aliphatic hydroxyl groups excluding tert-OH is 1. The third-order valence-electron chi connectivity index (χ3n) is 5.33. The number of aliphatic hydroxyl groups is 1. The quantitative estimate of drug-likeness (QED) is 0.816. The number of benzene rings is 2. The van der Waals surface area contributed by atoms with E-state index in [2.05, 4.69) is 41.3 Å². The molecule has 3 N–H and O–H groups in total. The molecule has 1 unspecified atom stereocenters. The number of piperidine rings is 1. The molecule has 0 aliphatic carbocycles. The number of hydrogen-bond acceptors (Lipinski definition) is 3. The highest BCUT2D eigenvalue weighted by Gasteiger charge is 2.25. The van der Waals surface area contributed by atoms with Gasteiger partial charge in [0.2, 0.25) is 0 Å². The summed E-state index contributed by atoms with van der Waals surface area (Å²) in [7, 11) is 0. The van der Waals surface area contributed by atoms with Crippen LogP contribution >= 0.6 is 0 Å². The Balaban J connectivity index is 1.45. The van der Waals surface area contributed by atoms with E-state index in [1.54, 1.807) is 0 Å². The van der Waals surface area contributed by atoms with E-state index in [0.717, 1.165) is 45.3 Å². The molecule has 1 atom stereocenters. The Labute approximate surface area is 151 Å². The Morgan fingerprint density at radius 3 is 2.20 bits per heavy atom. The van der Waals surface area contributed by atoms with Crippen molar-refractivity contribution in [1.82, 2.24) is 4.90 Å². The van der Waals surface area contributed by atoms with Gasteiger partial charge in [0.1, 0.15) is 0 Å². The van der Waals surface area contributed by atoms with Gasteiger partial charge in [0, 0.05) is 6.54 Å². The van der Waals surface area contributed by atoms with Crippen molar-refractivity contribution in [2.24, 2.45) is 11.7 Å². The second-order valence-corrected chi connectivity index (χ2v) is 7.23. The number of rotatable bonds is 7. The van der Waals surface area contributed by atoms with Crippen LogP contribution < -0.4 is 5.73 Å². The number of hydrogen-bond donors (Lipinski definition) is 2. The lowest BCUT2D eigenvalue weighted by Crippen LogP contribution is -2.38. The van der Waals surface area contributed by atoms with Gasteiger partial charge in [-0.1, -0.05) is 54.6 Å². The molecule has 25 heavy (non-hydrogen) atoms. The first-order valence-corrected chi connectivity index (χ1v) is 9.47. The Morgan fingerprint density at radius 2 is 1.56 bits per heavy atom. The first-order chi connectivity index (χ1) is 12.2. The summed E-state index contributed by atoms with van der Waals surface area (Å²) >= 11 is 0. The lowest BCUT2D eigenvalue weighted by atomic mass is 9.88. The lowest BCUT2D eigenvalue weighted by molar-refractivity contribution is 0.0576. The summed E-state index contributed by atoms with van der Waals surface area (Å²) in [5, 5.41) is 10.6. The van der Waals surface area contributed by atoms with Crippen LogP contribution in [-0.2, 0) is 19.4 Å². The molecule has 3 heteroatoms. The third-order valence-corrected chi connectivity index (χ3v) is 5.33. The Kier molecular flexibility index (Phi) is 6.62. The summed E-state index contributed by atoms with van der Waals surface area (Å²) in [4.78, 5) is 2.50. The summed E-state index contributed by atoms with van der Waals surface area (Å²) < 4.78 is 0. The topological polar surface area (TPSA) is 49.5 Å². The second kappa shape index (κ2) is 9.14. The van der Waals surface area contributed by atoms with Crippen LogP contribution in [0.25, 0.3) is 0 Å². The molecule has 0 amide bonds. The van der Waals surface area contributed by atoms with Crippen LogP contribution in [0.2, 0.25) is 0 Å². The van der Waals surface area contributed by atoms with E-state index in [4.69, 9.17) is 5.73 Å². The highest BCUT2D eigenvalue weighted by molar-refractivity contribution is 5.23. The number of likely N-dealkylation sites (tertiary alicyclic amines) is 1. The fourth-order valence-electron chi connectivity index (χ4n) is 3.75. The maximum absolute atomic E-state index is 10.6. The van der Waals surface area contributed by atoms with Gasteiger partial charge < -0.3 is 10.8 Å². The minimum Gasteiger partial charge on any atom is -0.392 e. The van der Waals surface area contributed by atoms with E-state index >= 15 is 0 Å². The van der Waals surface area contributed by atoms with Crippen molar-refractivity contribution < 1.29 is 5.11 Å². The zero-order valence-corrected chi connectivity index (χ0v) is 15.0. The molecule has 1 saturated heterocycles. The standard InChI is InChI=1S/C22H30N2O/c23-13-10-18-6-8-20(9-7-18)17-24-14-11-21(12-15-24)22(25)16-19-4-2-1-3-5-19/h1-9,21-22,25H,10-17,23H2. The van der Waals surface area contributed by atoms with Gasteiger partial charge in [0.15, 0.2) is 0 Å². The van der Waals surface area contributed by atoms with Crippen molar-refractivity contribution in [3.05, 3.63) is 71.3 Å². The summed E-state index contributed by atoms with van der Waals surface area (Å²) in [6.07, 6.45) is 3.66. The molecular formula is C22H30N2O. The van der Waals surface area contributed by atoms with Crippen LogP contribution in [0.3, 0.4) is 0 Å². The monoisotopic (exact) mass is 338 g/mol. The molecule has 1 fully saturated rings. The van der Waals surface area contributed by atoms with Gasteiger partial charge in [-0.2, -0.15) is 0 Å². The Bertz CT molecular complexity index is 618. The van der Waals surface area contributed by atoms with Crippen LogP contribution in [0.5, 0.6) is 0 Å². The van der Waals surface area contributed by atoms with E-state index in [-0.39, 0.29) is 6.10 Å². The molecule has 3 rings (SSSR count). The molecule has 1 aliphatic heterocycles. The van der Waals surface area contributed by atoms with Gasteiger partial charge in [-0.15, -0.1) is 0 Å². The summed E-state index contributed by atoms with van der Waals surface area (Å²) in [6.45, 7) is 3.85. The predicted octanol–water partition coefficient (Wildman–Crippen LogP) is 3.00. The fraction of sp³-hybridized carbons (Fsp3) is 0.455. The van der Waals surface area contributed by atoms with Gasteiger partial charge in [-0.25, -0.2) is 0 Å². The summed E-state index contributed by atoms with van der Waals surface area (Å²) in [6, 6.07) is 19.2. The number of nitrogens with two attached hydrogens (primary N) is 1. The van der Waals surface area contributed by atoms with Crippen molar-refractivity contribution >= 4 is 0 Å². The van der Waals surface area contributed by atoms with Crippen LogP contribution in [0.15, 0.2) is 54.6 Å². The first-order valence-electron chi connectivity index (χ1n) is 9.47. The molecule has 1 heterocycles. The van der Waals surface area contributed by atoms with E-state index in [1.807, 2.05) is 18.2 Å². The third kappa shape index (κ3) is 5.40. The van der Waals surface area contributed by atoms with Gasteiger partial charge >= 0.3 is 0 Å². The molecule has 1 aliphatic rings. The van der Waals surface area contributed by atoms with E-state index in [0.29, 0.717) is 12.5 Å². The number of nitrogens with zero attached hydrogens (tertiary/aromatic N) is 1. The molecule has 2 aromatic carbocycles. The minimum absolute atomic E-state index is 0.222. The molecule has 3 nitrogen and oxygen atoms in total. The fourth-order valence-corrected chi connectivity index (χ4v) is 3.75. The van der Waals surface area contributed by atoms with Gasteiger partial charge in [0.25, 0.3) is 0 Å². The van der Waals surface area contributed by atoms with Crippen LogP contribution in [0, 0.1) is 5.92 Å². The highest BCUT2D eigenvalue weighted by Crippen LogP contribution is 2.24. The van der Waals surface area contributed by atoms with Crippen molar-refractivity contribution in [3.8, 4) is 0 Å². The van der Waals surface area contributed by atoms with Crippen LogP contribution in [-0.4, -0.2) is 35.7 Å². The zero-order chi connectivity index (χ0) is 17.5. The van der Waals surface area contributed by atoms with Gasteiger partial charge in [-0.3, -0.25) is 4.90 Å². The lowest BCUT2D eigenvalue weighted by Gasteiger charge is -2.34.